The van der Waals surface area contributed by atoms with Crippen LogP contribution in [0.25, 0.3) is 0 Å². The predicted octanol–water partition coefficient (Wildman–Crippen LogP) is 3.29. The smallest absolute Gasteiger partial charge is 0.262 e. The van der Waals surface area contributed by atoms with E-state index in [4.69, 9.17) is 9.47 Å². The molecule has 0 bridgehead atoms. The number of piperazine rings is 1. The first-order valence-electron chi connectivity index (χ1n) is 12.6. The summed E-state index contributed by atoms with van der Waals surface area (Å²) in [6.45, 7) is 5.20. The third-order valence-corrected chi connectivity index (χ3v) is 7.52. The minimum atomic E-state index is -3.80. The molecule has 10 nitrogen and oxygen atoms in total. The fourth-order valence-corrected chi connectivity index (χ4v) is 5.01. The summed E-state index contributed by atoms with van der Waals surface area (Å²) in [6.07, 6.45) is 0. The zero-order valence-electron chi connectivity index (χ0n) is 21.9. The van der Waals surface area contributed by atoms with Gasteiger partial charge in [0.2, 0.25) is 0 Å². The van der Waals surface area contributed by atoms with Gasteiger partial charge in [-0.1, -0.05) is 0 Å². The number of anilines is 2. The van der Waals surface area contributed by atoms with E-state index >= 15 is 0 Å². The van der Waals surface area contributed by atoms with Crippen LogP contribution >= 0.6 is 0 Å². The summed E-state index contributed by atoms with van der Waals surface area (Å²) in [6, 6.07) is 19.1. The second-order valence-electron chi connectivity index (χ2n) is 9.04. The quantitative estimate of drug-likeness (QED) is 0.396. The summed E-state index contributed by atoms with van der Waals surface area (Å²) < 4.78 is 38.8. The molecule has 39 heavy (non-hydrogen) atoms. The van der Waals surface area contributed by atoms with Gasteiger partial charge in [0, 0.05) is 43.1 Å². The molecule has 0 aromatic heterocycles. The van der Waals surface area contributed by atoms with Crippen molar-refractivity contribution in [1.29, 1.82) is 0 Å². The van der Waals surface area contributed by atoms with E-state index in [0.717, 1.165) is 13.1 Å². The van der Waals surface area contributed by atoms with Gasteiger partial charge in [-0.2, -0.15) is 0 Å². The SMILES string of the molecule is CCOc1ccc(NS(=O)(=O)c2ccc(OCC(=O)Nc3ccc(C(=O)N4CCN(C)CC4)cc3)cc2)cc1. The van der Waals surface area contributed by atoms with Gasteiger partial charge in [0.05, 0.1) is 11.5 Å². The van der Waals surface area contributed by atoms with E-state index in [1.165, 1.54) is 24.3 Å². The Balaban J connectivity index is 1.26. The van der Waals surface area contributed by atoms with Gasteiger partial charge in [0.1, 0.15) is 11.5 Å². The fraction of sp³-hybridized carbons (Fsp3) is 0.286. The molecular weight excluding hydrogens is 520 g/mol. The fourth-order valence-electron chi connectivity index (χ4n) is 3.95. The third kappa shape index (κ3) is 7.71. The highest BCUT2D eigenvalue weighted by Crippen LogP contribution is 2.21. The summed E-state index contributed by atoms with van der Waals surface area (Å²) >= 11 is 0. The van der Waals surface area contributed by atoms with Crippen molar-refractivity contribution < 1.29 is 27.5 Å². The van der Waals surface area contributed by atoms with Gasteiger partial charge in [-0.05, 0) is 86.8 Å². The van der Waals surface area contributed by atoms with E-state index in [9.17, 15) is 18.0 Å². The molecule has 3 aromatic rings. The van der Waals surface area contributed by atoms with Crippen molar-refractivity contribution in [2.75, 3.05) is 56.5 Å². The second-order valence-corrected chi connectivity index (χ2v) is 10.7. The van der Waals surface area contributed by atoms with Crippen molar-refractivity contribution >= 4 is 33.2 Å². The molecular formula is C28H32N4O6S. The second kappa shape index (κ2) is 12.6. The summed E-state index contributed by atoms with van der Waals surface area (Å²) in [5.41, 5.74) is 1.52. The zero-order chi connectivity index (χ0) is 27.8. The summed E-state index contributed by atoms with van der Waals surface area (Å²) in [4.78, 5) is 29.1. The molecule has 1 aliphatic heterocycles. The lowest BCUT2D eigenvalue weighted by Gasteiger charge is -2.32. The number of benzene rings is 3. The minimum Gasteiger partial charge on any atom is -0.494 e. The molecule has 0 aliphatic carbocycles. The molecule has 2 amide bonds. The molecule has 206 valence electrons. The topological polar surface area (TPSA) is 117 Å². The van der Waals surface area contributed by atoms with Gasteiger partial charge >= 0.3 is 0 Å². The van der Waals surface area contributed by atoms with Gasteiger partial charge in [-0.25, -0.2) is 8.42 Å². The third-order valence-electron chi connectivity index (χ3n) is 6.13. The van der Waals surface area contributed by atoms with Crippen molar-refractivity contribution in [2.24, 2.45) is 0 Å². The maximum Gasteiger partial charge on any atom is 0.262 e. The van der Waals surface area contributed by atoms with Gasteiger partial charge in [0.15, 0.2) is 6.61 Å². The first-order valence-corrected chi connectivity index (χ1v) is 14.1. The highest BCUT2D eigenvalue weighted by molar-refractivity contribution is 7.92. The van der Waals surface area contributed by atoms with Crippen LogP contribution in [0, 0.1) is 0 Å². The molecule has 2 N–H and O–H groups in total. The van der Waals surface area contributed by atoms with Gasteiger partial charge in [-0.3, -0.25) is 14.3 Å². The van der Waals surface area contributed by atoms with Gasteiger partial charge in [0.25, 0.3) is 21.8 Å². The van der Waals surface area contributed by atoms with Crippen LogP contribution in [0.5, 0.6) is 11.5 Å². The minimum absolute atomic E-state index is 0.0237. The van der Waals surface area contributed by atoms with Crippen molar-refractivity contribution in [3.8, 4) is 11.5 Å². The number of ether oxygens (including phenoxy) is 2. The van der Waals surface area contributed by atoms with Crippen LogP contribution < -0.4 is 19.5 Å². The predicted molar refractivity (Wildman–Crippen MR) is 149 cm³/mol. The molecule has 0 atom stereocenters. The lowest BCUT2D eigenvalue weighted by molar-refractivity contribution is -0.118. The first kappa shape index (κ1) is 27.9. The van der Waals surface area contributed by atoms with E-state index in [-0.39, 0.29) is 23.3 Å². The Bertz CT molecular complexity index is 1370. The van der Waals surface area contributed by atoms with Crippen LogP contribution in [0.1, 0.15) is 17.3 Å². The average molecular weight is 553 g/mol. The molecule has 1 fully saturated rings. The summed E-state index contributed by atoms with van der Waals surface area (Å²) in [5, 5.41) is 2.73. The Morgan fingerprint density at radius 3 is 1.97 bits per heavy atom. The van der Waals surface area contributed by atoms with Crippen LogP contribution in [0.4, 0.5) is 11.4 Å². The molecule has 4 rings (SSSR count). The Labute approximate surface area is 228 Å². The molecule has 0 unspecified atom stereocenters. The van der Waals surface area contributed by atoms with Crippen molar-refractivity contribution in [2.45, 2.75) is 11.8 Å². The number of nitrogens with zero attached hydrogens (tertiary/aromatic N) is 2. The van der Waals surface area contributed by atoms with E-state index in [1.807, 2.05) is 18.9 Å². The first-order chi connectivity index (χ1) is 18.7. The Morgan fingerprint density at radius 2 is 1.36 bits per heavy atom. The van der Waals surface area contributed by atoms with E-state index in [1.54, 1.807) is 48.5 Å². The number of carbonyl (C=O) groups excluding carboxylic acids is 2. The summed E-state index contributed by atoms with van der Waals surface area (Å²) in [5.74, 6) is 0.587. The number of hydrogen-bond donors (Lipinski definition) is 2. The lowest BCUT2D eigenvalue weighted by Crippen LogP contribution is -2.47. The molecule has 3 aromatic carbocycles. The standard InChI is InChI=1S/C28H32N4O6S/c1-3-37-24-10-8-23(9-11-24)30-39(35,36)26-14-12-25(13-15-26)38-20-27(33)29-22-6-4-21(5-7-22)28(34)32-18-16-31(2)17-19-32/h4-15,30H,3,16-20H2,1-2H3,(H,29,33). The van der Waals surface area contributed by atoms with Crippen molar-refractivity contribution in [3.63, 3.8) is 0 Å². The van der Waals surface area contributed by atoms with Crippen LogP contribution in [0.3, 0.4) is 0 Å². The molecule has 1 aliphatic rings. The van der Waals surface area contributed by atoms with Crippen LogP contribution in [0.2, 0.25) is 0 Å². The highest BCUT2D eigenvalue weighted by atomic mass is 32.2. The number of amides is 2. The summed E-state index contributed by atoms with van der Waals surface area (Å²) in [7, 11) is -1.77. The number of likely N-dealkylation sites (N-methyl/N-ethyl adjacent to an activating group) is 1. The van der Waals surface area contributed by atoms with E-state index in [0.29, 0.717) is 48.1 Å². The molecule has 1 heterocycles. The van der Waals surface area contributed by atoms with Crippen LogP contribution in [0.15, 0.2) is 77.7 Å². The number of rotatable bonds is 10. The molecule has 0 saturated carbocycles. The van der Waals surface area contributed by atoms with Crippen LogP contribution in [-0.2, 0) is 14.8 Å². The van der Waals surface area contributed by atoms with Crippen molar-refractivity contribution in [3.05, 3.63) is 78.4 Å². The average Bonchev–Trinajstić information content (AvgIpc) is 2.94. The van der Waals surface area contributed by atoms with E-state index < -0.39 is 10.0 Å². The number of sulfonamides is 1. The maximum absolute atomic E-state index is 12.7. The molecule has 0 spiro atoms. The molecule has 1 saturated heterocycles. The largest absolute Gasteiger partial charge is 0.494 e. The van der Waals surface area contributed by atoms with Crippen molar-refractivity contribution in [1.82, 2.24) is 9.80 Å². The zero-order valence-corrected chi connectivity index (χ0v) is 22.7. The van der Waals surface area contributed by atoms with Gasteiger partial charge < -0.3 is 24.6 Å². The Hall–Kier alpha value is -4.09. The monoisotopic (exact) mass is 552 g/mol. The Morgan fingerprint density at radius 1 is 0.795 bits per heavy atom. The Kier molecular flexibility index (Phi) is 9.05. The normalized spacial score (nSPS) is 13.9. The number of carbonyl (C=O) groups is 2. The van der Waals surface area contributed by atoms with Gasteiger partial charge in [-0.15, -0.1) is 0 Å². The number of hydrogen-bond acceptors (Lipinski definition) is 7. The number of nitrogens with one attached hydrogen (secondary N) is 2. The van der Waals surface area contributed by atoms with Crippen LogP contribution in [-0.4, -0.2) is 76.5 Å². The lowest BCUT2D eigenvalue weighted by atomic mass is 10.1. The maximum atomic E-state index is 12.7. The van der Waals surface area contributed by atoms with E-state index in [2.05, 4.69) is 14.9 Å². The highest BCUT2D eigenvalue weighted by Gasteiger charge is 2.20. The molecule has 0 radical (unpaired) electrons. The molecule has 11 heteroatoms.